The summed E-state index contributed by atoms with van der Waals surface area (Å²) >= 11 is 0. The number of nitrogens with zero attached hydrogens (tertiary/aromatic N) is 2. The molecule has 104 valence electrons. The number of hydrogen-bond acceptors (Lipinski definition) is 4. The van der Waals surface area contributed by atoms with E-state index in [-0.39, 0.29) is 12.0 Å². The van der Waals surface area contributed by atoms with Crippen molar-refractivity contribution in [1.29, 1.82) is 0 Å². The smallest absolute Gasteiger partial charge is 0.255 e. The molecule has 0 aliphatic heterocycles. The standard InChI is InChI=1S/C14H21N3O2/c1-3-15-13-5-4-11(8-16-13)14(19)17(2)9-10-6-12(18)7-10/h4-5,8,10,12,18H,3,6-7,9H2,1-2H3,(H,15,16). The van der Waals surface area contributed by atoms with Crippen molar-refractivity contribution in [2.24, 2.45) is 5.92 Å². The van der Waals surface area contributed by atoms with Gasteiger partial charge in [0.25, 0.3) is 5.91 Å². The lowest BCUT2D eigenvalue weighted by Crippen LogP contribution is -2.39. The fraction of sp³-hybridized carbons (Fsp3) is 0.571. The van der Waals surface area contributed by atoms with Crippen LogP contribution in [0.15, 0.2) is 18.3 Å². The van der Waals surface area contributed by atoms with Gasteiger partial charge in [0, 0.05) is 26.3 Å². The highest BCUT2D eigenvalue weighted by atomic mass is 16.3. The van der Waals surface area contributed by atoms with E-state index in [2.05, 4.69) is 10.3 Å². The summed E-state index contributed by atoms with van der Waals surface area (Å²) in [6.07, 6.45) is 3.03. The first-order valence-electron chi connectivity index (χ1n) is 6.73. The second kappa shape index (κ2) is 6.02. The number of aliphatic hydroxyl groups is 1. The normalized spacial score (nSPS) is 21.6. The van der Waals surface area contributed by atoms with E-state index in [0.717, 1.165) is 25.2 Å². The van der Waals surface area contributed by atoms with Crippen molar-refractivity contribution in [2.45, 2.75) is 25.9 Å². The van der Waals surface area contributed by atoms with Crippen molar-refractivity contribution in [3.8, 4) is 0 Å². The van der Waals surface area contributed by atoms with Gasteiger partial charge in [0.15, 0.2) is 0 Å². The number of carbonyl (C=O) groups is 1. The summed E-state index contributed by atoms with van der Waals surface area (Å²) in [7, 11) is 1.80. The third-order valence-electron chi connectivity index (χ3n) is 3.46. The Morgan fingerprint density at radius 2 is 2.26 bits per heavy atom. The molecule has 1 heterocycles. The first-order chi connectivity index (χ1) is 9.10. The van der Waals surface area contributed by atoms with Gasteiger partial charge >= 0.3 is 0 Å². The maximum atomic E-state index is 12.2. The monoisotopic (exact) mass is 263 g/mol. The highest BCUT2D eigenvalue weighted by molar-refractivity contribution is 5.93. The van der Waals surface area contributed by atoms with Crippen LogP contribution in [0.5, 0.6) is 0 Å². The average molecular weight is 263 g/mol. The molecule has 0 unspecified atom stereocenters. The summed E-state index contributed by atoms with van der Waals surface area (Å²) in [6, 6.07) is 3.61. The first-order valence-corrected chi connectivity index (χ1v) is 6.73. The third kappa shape index (κ3) is 3.44. The maximum absolute atomic E-state index is 12.2. The molecule has 1 amide bonds. The van der Waals surface area contributed by atoms with Crippen molar-refractivity contribution >= 4 is 11.7 Å². The van der Waals surface area contributed by atoms with E-state index in [1.54, 1.807) is 24.2 Å². The number of rotatable bonds is 5. The van der Waals surface area contributed by atoms with Crippen LogP contribution in [-0.2, 0) is 0 Å². The zero-order valence-electron chi connectivity index (χ0n) is 11.5. The molecule has 0 saturated heterocycles. The number of pyridine rings is 1. The van der Waals surface area contributed by atoms with Gasteiger partial charge in [-0.1, -0.05) is 0 Å². The Morgan fingerprint density at radius 3 is 2.79 bits per heavy atom. The number of nitrogens with one attached hydrogen (secondary N) is 1. The first kappa shape index (κ1) is 13.8. The van der Waals surface area contributed by atoms with Gasteiger partial charge in [-0.25, -0.2) is 4.98 Å². The van der Waals surface area contributed by atoms with Crippen LogP contribution < -0.4 is 5.32 Å². The van der Waals surface area contributed by atoms with Crippen LogP contribution in [-0.4, -0.2) is 47.1 Å². The third-order valence-corrected chi connectivity index (χ3v) is 3.46. The number of hydrogen-bond donors (Lipinski definition) is 2. The lowest BCUT2D eigenvalue weighted by atomic mass is 9.82. The van der Waals surface area contributed by atoms with E-state index < -0.39 is 0 Å². The Bertz CT molecular complexity index is 427. The molecule has 0 spiro atoms. The van der Waals surface area contributed by atoms with Gasteiger partial charge in [-0.05, 0) is 37.8 Å². The lowest BCUT2D eigenvalue weighted by Gasteiger charge is -2.34. The zero-order chi connectivity index (χ0) is 13.8. The van der Waals surface area contributed by atoms with Crippen molar-refractivity contribution in [3.63, 3.8) is 0 Å². The minimum absolute atomic E-state index is 0.0167. The number of aliphatic hydroxyl groups excluding tert-OH is 1. The van der Waals surface area contributed by atoms with E-state index in [4.69, 9.17) is 0 Å². The van der Waals surface area contributed by atoms with Gasteiger partial charge < -0.3 is 15.3 Å². The van der Waals surface area contributed by atoms with E-state index in [9.17, 15) is 9.90 Å². The van der Waals surface area contributed by atoms with E-state index in [1.807, 2.05) is 13.0 Å². The molecular weight excluding hydrogens is 242 g/mol. The molecule has 0 radical (unpaired) electrons. The van der Waals surface area contributed by atoms with Crippen LogP contribution in [0.3, 0.4) is 0 Å². The van der Waals surface area contributed by atoms with Gasteiger partial charge in [0.05, 0.1) is 11.7 Å². The molecule has 1 aromatic rings. The van der Waals surface area contributed by atoms with E-state index in [1.165, 1.54) is 0 Å². The second-order valence-corrected chi connectivity index (χ2v) is 5.14. The number of amides is 1. The molecule has 5 nitrogen and oxygen atoms in total. The highest BCUT2D eigenvalue weighted by Crippen LogP contribution is 2.27. The van der Waals surface area contributed by atoms with Gasteiger partial charge in [0.1, 0.15) is 5.82 Å². The number of anilines is 1. The maximum Gasteiger partial charge on any atom is 0.255 e. The van der Waals surface area contributed by atoms with Gasteiger partial charge in [-0.3, -0.25) is 4.79 Å². The molecule has 0 atom stereocenters. The predicted octanol–water partition coefficient (Wildman–Crippen LogP) is 1.36. The van der Waals surface area contributed by atoms with Gasteiger partial charge in [-0.15, -0.1) is 0 Å². The molecular formula is C14H21N3O2. The molecule has 1 aliphatic carbocycles. The molecule has 5 heteroatoms. The Balaban J connectivity index is 1.90. The summed E-state index contributed by atoms with van der Waals surface area (Å²) in [5.74, 6) is 1.19. The van der Waals surface area contributed by atoms with E-state index in [0.29, 0.717) is 18.0 Å². The van der Waals surface area contributed by atoms with Gasteiger partial charge in [-0.2, -0.15) is 0 Å². The van der Waals surface area contributed by atoms with Crippen LogP contribution in [0.1, 0.15) is 30.1 Å². The topological polar surface area (TPSA) is 65.5 Å². The Labute approximate surface area is 113 Å². The van der Waals surface area contributed by atoms with E-state index >= 15 is 0 Å². The minimum atomic E-state index is -0.172. The Hall–Kier alpha value is -1.62. The number of carbonyl (C=O) groups excluding carboxylic acids is 1. The van der Waals surface area contributed by atoms with Crippen molar-refractivity contribution in [2.75, 3.05) is 25.5 Å². The number of aromatic nitrogens is 1. The average Bonchev–Trinajstić information content (AvgIpc) is 2.37. The molecule has 2 N–H and O–H groups in total. The fourth-order valence-electron chi connectivity index (χ4n) is 2.35. The summed E-state index contributed by atoms with van der Waals surface area (Å²) < 4.78 is 0. The summed E-state index contributed by atoms with van der Waals surface area (Å²) in [5, 5.41) is 12.3. The summed E-state index contributed by atoms with van der Waals surface area (Å²) in [6.45, 7) is 3.51. The van der Waals surface area contributed by atoms with Crippen LogP contribution in [0.2, 0.25) is 0 Å². The molecule has 1 fully saturated rings. The zero-order valence-corrected chi connectivity index (χ0v) is 11.5. The molecule has 19 heavy (non-hydrogen) atoms. The quantitative estimate of drug-likeness (QED) is 0.841. The highest BCUT2D eigenvalue weighted by Gasteiger charge is 2.29. The van der Waals surface area contributed by atoms with Crippen LogP contribution in [0.4, 0.5) is 5.82 Å². The van der Waals surface area contributed by atoms with Crippen LogP contribution in [0.25, 0.3) is 0 Å². The predicted molar refractivity (Wildman–Crippen MR) is 74.1 cm³/mol. The summed E-state index contributed by atoms with van der Waals surface area (Å²) in [5.41, 5.74) is 0.601. The van der Waals surface area contributed by atoms with Gasteiger partial charge in [0.2, 0.25) is 0 Å². The Morgan fingerprint density at radius 1 is 1.53 bits per heavy atom. The van der Waals surface area contributed by atoms with Crippen molar-refractivity contribution < 1.29 is 9.90 Å². The Kier molecular flexibility index (Phi) is 4.37. The molecule has 1 saturated carbocycles. The fourth-order valence-corrected chi connectivity index (χ4v) is 2.35. The lowest BCUT2D eigenvalue weighted by molar-refractivity contribution is 0.0265. The molecule has 2 rings (SSSR count). The molecule has 0 bridgehead atoms. The summed E-state index contributed by atoms with van der Waals surface area (Å²) in [4.78, 5) is 18.1. The van der Waals surface area contributed by atoms with Crippen LogP contribution >= 0.6 is 0 Å². The van der Waals surface area contributed by atoms with Crippen molar-refractivity contribution in [1.82, 2.24) is 9.88 Å². The van der Waals surface area contributed by atoms with Crippen molar-refractivity contribution in [3.05, 3.63) is 23.9 Å². The molecule has 1 aromatic heterocycles. The molecule has 0 aromatic carbocycles. The second-order valence-electron chi connectivity index (χ2n) is 5.14. The largest absolute Gasteiger partial charge is 0.393 e. The SMILES string of the molecule is CCNc1ccc(C(=O)N(C)CC2CC(O)C2)cn1. The minimum Gasteiger partial charge on any atom is -0.393 e. The van der Waals surface area contributed by atoms with Crippen LogP contribution in [0, 0.1) is 5.92 Å². The molecule has 1 aliphatic rings.